The summed E-state index contributed by atoms with van der Waals surface area (Å²) in [6.07, 6.45) is 4.54. The van der Waals surface area contributed by atoms with E-state index in [1.165, 1.54) is 0 Å². The Kier molecular flexibility index (Phi) is 4.60. The predicted molar refractivity (Wildman–Crippen MR) is 87.1 cm³/mol. The molecule has 6 heteroatoms. The van der Waals surface area contributed by atoms with E-state index in [0.717, 1.165) is 30.6 Å². The van der Waals surface area contributed by atoms with Crippen LogP contribution in [-0.4, -0.2) is 34.0 Å². The van der Waals surface area contributed by atoms with Gasteiger partial charge in [0.05, 0.1) is 12.6 Å². The molecule has 23 heavy (non-hydrogen) atoms. The van der Waals surface area contributed by atoms with Crippen molar-refractivity contribution < 1.29 is 14.7 Å². The first-order chi connectivity index (χ1) is 11.0. The molecule has 1 heterocycles. The van der Waals surface area contributed by atoms with Gasteiger partial charge < -0.3 is 10.4 Å². The van der Waals surface area contributed by atoms with Crippen molar-refractivity contribution in [3.63, 3.8) is 0 Å². The zero-order valence-corrected chi connectivity index (χ0v) is 13.7. The van der Waals surface area contributed by atoms with Gasteiger partial charge in [-0.05, 0) is 30.5 Å². The molecule has 1 aromatic carbocycles. The van der Waals surface area contributed by atoms with Crippen LogP contribution >= 0.6 is 11.6 Å². The van der Waals surface area contributed by atoms with Gasteiger partial charge in [0.1, 0.15) is 5.54 Å². The van der Waals surface area contributed by atoms with E-state index in [1.807, 2.05) is 0 Å². The van der Waals surface area contributed by atoms with Gasteiger partial charge in [-0.3, -0.25) is 9.69 Å². The number of amides is 3. The van der Waals surface area contributed by atoms with Gasteiger partial charge in [0, 0.05) is 5.02 Å². The van der Waals surface area contributed by atoms with Gasteiger partial charge in [0.15, 0.2) is 0 Å². The number of aliphatic hydroxyl groups excluding tert-OH is 1. The van der Waals surface area contributed by atoms with Gasteiger partial charge in [0.25, 0.3) is 5.91 Å². The van der Waals surface area contributed by atoms with Gasteiger partial charge >= 0.3 is 6.03 Å². The summed E-state index contributed by atoms with van der Waals surface area (Å²) >= 11 is 5.84. The summed E-state index contributed by atoms with van der Waals surface area (Å²) in [5, 5.41) is 13.8. The second-order valence-electron chi connectivity index (χ2n) is 6.41. The molecule has 124 valence electrons. The molecular formula is C17H21ClN2O3. The molecule has 1 aromatic rings. The number of hydrogen-bond acceptors (Lipinski definition) is 3. The Bertz CT molecular complexity index is 594. The molecule has 3 rings (SSSR count). The Morgan fingerprint density at radius 3 is 2.35 bits per heavy atom. The average molecular weight is 337 g/mol. The Morgan fingerprint density at radius 2 is 1.74 bits per heavy atom. The molecule has 1 spiro atoms. The van der Waals surface area contributed by atoms with Crippen molar-refractivity contribution in [3.8, 4) is 0 Å². The van der Waals surface area contributed by atoms with Gasteiger partial charge in [-0.2, -0.15) is 0 Å². The van der Waals surface area contributed by atoms with Crippen LogP contribution in [-0.2, 0) is 4.79 Å². The fraction of sp³-hybridized carbons (Fsp3) is 0.529. The lowest BCUT2D eigenvalue weighted by Gasteiger charge is -2.25. The number of rotatable bonds is 3. The molecule has 3 amide bonds. The number of nitrogens with zero attached hydrogens (tertiary/aromatic N) is 1. The number of nitrogens with one attached hydrogen (secondary N) is 1. The van der Waals surface area contributed by atoms with E-state index in [2.05, 4.69) is 5.32 Å². The summed E-state index contributed by atoms with van der Waals surface area (Å²) in [7, 11) is 0. The third-order valence-electron chi connectivity index (χ3n) is 4.81. The number of hydrogen-bond donors (Lipinski definition) is 2. The fourth-order valence-electron chi connectivity index (χ4n) is 3.48. The summed E-state index contributed by atoms with van der Waals surface area (Å²) in [6.45, 7) is -0.0337. The molecule has 1 saturated heterocycles. The number of carbonyl (C=O) groups excluding carboxylic acids is 2. The lowest BCUT2D eigenvalue weighted by atomic mass is 9.90. The maximum atomic E-state index is 12.8. The number of imide groups is 1. The Hall–Kier alpha value is -1.59. The van der Waals surface area contributed by atoms with E-state index >= 15 is 0 Å². The normalized spacial score (nSPS) is 22.1. The summed E-state index contributed by atoms with van der Waals surface area (Å²) in [5.41, 5.74) is -0.121. The first kappa shape index (κ1) is 16.3. The van der Waals surface area contributed by atoms with Crippen molar-refractivity contribution in [2.24, 2.45) is 0 Å². The maximum absolute atomic E-state index is 12.8. The topological polar surface area (TPSA) is 69.6 Å². The summed E-state index contributed by atoms with van der Waals surface area (Å²) in [4.78, 5) is 26.2. The van der Waals surface area contributed by atoms with Crippen molar-refractivity contribution in [1.29, 1.82) is 0 Å². The van der Waals surface area contributed by atoms with Crippen molar-refractivity contribution in [1.82, 2.24) is 10.2 Å². The minimum atomic E-state index is -0.914. The second-order valence-corrected chi connectivity index (χ2v) is 6.85. The van der Waals surface area contributed by atoms with Crippen LogP contribution in [0.4, 0.5) is 4.79 Å². The standard InChI is InChI=1S/C17H21ClN2O3/c18-13-7-5-12(6-8-13)14(21)11-20-15(22)17(19-16(20)23)9-3-1-2-4-10-17/h5-8,14,21H,1-4,9-11H2,(H,19,23)/t14-/m0/s1. The van der Waals surface area contributed by atoms with Gasteiger partial charge in [0.2, 0.25) is 0 Å². The zero-order valence-electron chi connectivity index (χ0n) is 12.9. The molecule has 0 aromatic heterocycles. The first-order valence-electron chi connectivity index (χ1n) is 8.09. The second kappa shape index (κ2) is 6.49. The van der Waals surface area contributed by atoms with Gasteiger partial charge in [-0.15, -0.1) is 0 Å². The van der Waals surface area contributed by atoms with Gasteiger partial charge in [-0.25, -0.2) is 4.79 Å². The maximum Gasteiger partial charge on any atom is 0.325 e. The van der Waals surface area contributed by atoms with Crippen molar-refractivity contribution >= 4 is 23.5 Å². The van der Waals surface area contributed by atoms with E-state index < -0.39 is 17.7 Å². The van der Waals surface area contributed by atoms with Crippen LogP contribution in [0.5, 0.6) is 0 Å². The number of carbonyl (C=O) groups is 2. The van der Waals surface area contributed by atoms with E-state index in [-0.39, 0.29) is 12.5 Å². The van der Waals surface area contributed by atoms with Crippen LogP contribution in [0.2, 0.25) is 5.02 Å². The van der Waals surface area contributed by atoms with E-state index in [9.17, 15) is 14.7 Å². The number of halogens is 1. The lowest BCUT2D eigenvalue weighted by Crippen LogP contribution is -2.46. The monoisotopic (exact) mass is 336 g/mol. The third kappa shape index (κ3) is 3.21. The number of benzene rings is 1. The van der Waals surface area contributed by atoms with E-state index in [1.54, 1.807) is 24.3 Å². The zero-order chi connectivity index (χ0) is 16.4. The Morgan fingerprint density at radius 1 is 1.13 bits per heavy atom. The molecule has 0 bridgehead atoms. The average Bonchev–Trinajstić information content (AvgIpc) is 2.72. The van der Waals surface area contributed by atoms with E-state index in [0.29, 0.717) is 23.4 Å². The molecule has 1 saturated carbocycles. The Labute approximate surface area is 140 Å². The molecule has 0 unspecified atom stereocenters. The minimum Gasteiger partial charge on any atom is -0.387 e. The van der Waals surface area contributed by atoms with Crippen LogP contribution in [0.3, 0.4) is 0 Å². The predicted octanol–water partition coefficient (Wildman–Crippen LogP) is 3.02. The third-order valence-corrected chi connectivity index (χ3v) is 5.07. The molecule has 2 fully saturated rings. The molecule has 2 N–H and O–H groups in total. The SMILES string of the molecule is O=C1NC2(CCCCCC2)C(=O)N1C[C@H](O)c1ccc(Cl)cc1. The highest BCUT2D eigenvalue weighted by Crippen LogP contribution is 2.33. The lowest BCUT2D eigenvalue weighted by molar-refractivity contribution is -0.132. The fourth-order valence-corrected chi connectivity index (χ4v) is 3.60. The molecule has 1 aliphatic heterocycles. The molecule has 1 aliphatic carbocycles. The van der Waals surface area contributed by atoms with Crippen LogP contribution in [0.25, 0.3) is 0 Å². The number of urea groups is 1. The molecule has 0 radical (unpaired) electrons. The molecular weight excluding hydrogens is 316 g/mol. The summed E-state index contributed by atoms with van der Waals surface area (Å²) in [5.74, 6) is -0.197. The summed E-state index contributed by atoms with van der Waals surface area (Å²) < 4.78 is 0. The largest absolute Gasteiger partial charge is 0.387 e. The smallest absolute Gasteiger partial charge is 0.325 e. The molecule has 2 aliphatic rings. The van der Waals surface area contributed by atoms with Crippen LogP contribution in [0.15, 0.2) is 24.3 Å². The van der Waals surface area contributed by atoms with Crippen LogP contribution in [0.1, 0.15) is 50.2 Å². The quantitative estimate of drug-likeness (QED) is 0.834. The summed E-state index contributed by atoms with van der Waals surface area (Å²) in [6, 6.07) is 6.36. The highest BCUT2D eigenvalue weighted by Gasteiger charge is 2.50. The van der Waals surface area contributed by atoms with Crippen LogP contribution in [0, 0.1) is 0 Å². The van der Waals surface area contributed by atoms with Crippen molar-refractivity contribution in [2.45, 2.75) is 50.2 Å². The Balaban J connectivity index is 1.73. The number of aliphatic hydroxyl groups is 1. The number of β-amino-alcohol motifs (C(OH)–C–C–N with tert-alkyl or cyclic N) is 1. The first-order valence-corrected chi connectivity index (χ1v) is 8.47. The van der Waals surface area contributed by atoms with Gasteiger partial charge in [-0.1, -0.05) is 49.4 Å². The minimum absolute atomic E-state index is 0.0337. The highest BCUT2D eigenvalue weighted by atomic mass is 35.5. The molecule has 1 atom stereocenters. The molecule has 5 nitrogen and oxygen atoms in total. The van der Waals surface area contributed by atoms with Crippen molar-refractivity contribution in [3.05, 3.63) is 34.9 Å². The van der Waals surface area contributed by atoms with E-state index in [4.69, 9.17) is 11.6 Å². The van der Waals surface area contributed by atoms with Crippen LogP contribution < -0.4 is 5.32 Å². The van der Waals surface area contributed by atoms with Crippen molar-refractivity contribution in [2.75, 3.05) is 6.54 Å². The highest BCUT2D eigenvalue weighted by molar-refractivity contribution is 6.30.